The number of rotatable bonds is 4. The van der Waals surface area contributed by atoms with E-state index < -0.39 is 0 Å². The molecule has 0 aliphatic carbocycles. The van der Waals surface area contributed by atoms with Crippen molar-refractivity contribution < 1.29 is 4.42 Å². The smallest absolute Gasteiger partial charge is 0.165 e. The maximum absolute atomic E-state index is 7.09. The van der Waals surface area contributed by atoms with Crippen LogP contribution in [0.15, 0.2) is 205 Å². The zero-order chi connectivity index (χ0) is 41.9. The molecule has 0 spiro atoms. The lowest BCUT2D eigenvalue weighted by molar-refractivity contribution is 0.673. The second kappa shape index (κ2) is 13.6. The van der Waals surface area contributed by atoms with E-state index in [1.54, 1.807) is 0 Å². The third kappa shape index (κ3) is 5.25. The van der Waals surface area contributed by atoms with Gasteiger partial charge in [-0.15, -0.1) is 11.3 Å². The van der Waals surface area contributed by atoms with E-state index in [-0.39, 0.29) is 0 Å². The molecule has 0 aliphatic rings. The van der Waals surface area contributed by atoms with Crippen molar-refractivity contribution in [2.75, 3.05) is 0 Å². The van der Waals surface area contributed by atoms with Crippen molar-refractivity contribution in [3.63, 3.8) is 0 Å². The van der Waals surface area contributed by atoms with E-state index in [2.05, 4.69) is 182 Å². The molecule has 3 aromatic heterocycles. The van der Waals surface area contributed by atoms with Crippen molar-refractivity contribution in [2.45, 2.75) is 0 Å². The maximum Gasteiger partial charge on any atom is 0.165 e. The number of hydrogen-bond donors (Lipinski definition) is 0. The van der Waals surface area contributed by atoms with Crippen LogP contribution in [0.3, 0.4) is 0 Å². The average Bonchev–Trinajstić information content (AvgIpc) is 3.94. The van der Waals surface area contributed by atoms with E-state index in [9.17, 15) is 0 Å². The second-order valence-electron chi connectivity index (χ2n) is 16.6. The van der Waals surface area contributed by atoms with Gasteiger partial charge in [-0.2, -0.15) is 0 Å². The van der Waals surface area contributed by atoms with Gasteiger partial charge in [0.1, 0.15) is 11.2 Å². The molecule has 14 rings (SSSR count). The normalized spacial score (nSPS) is 12.1. The first-order valence-corrected chi connectivity index (χ1v) is 22.4. The summed E-state index contributed by atoms with van der Waals surface area (Å²) in [6.45, 7) is 0. The predicted molar refractivity (Wildman–Crippen MR) is 269 cm³/mol. The highest BCUT2D eigenvalue weighted by molar-refractivity contribution is 7.27. The zero-order valence-electron chi connectivity index (χ0n) is 34.2. The van der Waals surface area contributed by atoms with Crippen molar-refractivity contribution >= 4 is 107 Å². The molecule has 11 aromatic carbocycles. The lowest BCUT2D eigenvalue weighted by Gasteiger charge is -2.14. The highest BCUT2D eigenvalue weighted by atomic mass is 32.1. The summed E-state index contributed by atoms with van der Waals surface area (Å²) >= 11 is 1.81. The molecule has 64 heavy (non-hydrogen) atoms. The lowest BCUT2D eigenvalue weighted by Crippen LogP contribution is -2.00. The molecular weight excluding hydrogens is 799 g/mol. The fraction of sp³-hybridized carbons (Fsp3) is 0. The van der Waals surface area contributed by atoms with E-state index in [0.29, 0.717) is 17.5 Å². The molecular formula is C59H33N3OS. The number of hydrogen-bond acceptors (Lipinski definition) is 5. The summed E-state index contributed by atoms with van der Waals surface area (Å²) in [6.07, 6.45) is 0. The zero-order valence-corrected chi connectivity index (χ0v) is 35.0. The Morgan fingerprint density at radius 1 is 0.312 bits per heavy atom. The first kappa shape index (κ1) is 35.4. The van der Waals surface area contributed by atoms with Crippen LogP contribution in [0.4, 0.5) is 0 Å². The first-order chi connectivity index (χ1) is 31.7. The van der Waals surface area contributed by atoms with Crippen LogP contribution in [0, 0.1) is 0 Å². The predicted octanol–water partition coefficient (Wildman–Crippen LogP) is 16.6. The Hall–Kier alpha value is -8.25. The van der Waals surface area contributed by atoms with Gasteiger partial charge in [0, 0.05) is 53.0 Å². The molecule has 0 fully saturated rings. The average molecular weight is 832 g/mol. The summed E-state index contributed by atoms with van der Waals surface area (Å²) in [7, 11) is 0. The molecule has 0 bridgehead atoms. The number of fused-ring (bicyclic) bond motifs is 16. The minimum absolute atomic E-state index is 0.616. The third-order valence-corrected chi connectivity index (χ3v) is 14.3. The fourth-order valence-electron chi connectivity index (χ4n) is 10.1. The van der Waals surface area contributed by atoms with Crippen LogP contribution < -0.4 is 0 Å². The lowest BCUT2D eigenvalue weighted by atomic mass is 9.89. The van der Waals surface area contributed by atoms with Crippen molar-refractivity contribution in [3.8, 4) is 45.3 Å². The molecule has 0 saturated carbocycles. The Kier molecular flexibility index (Phi) is 7.53. The number of aromatic nitrogens is 3. The van der Waals surface area contributed by atoms with Crippen molar-refractivity contribution in [3.05, 3.63) is 200 Å². The molecule has 5 heteroatoms. The van der Waals surface area contributed by atoms with E-state index in [0.717, 1.165) is 70.6 Å². The summed E-state index contributed by atoms with van der Waals surface area (Å²) in [6, 6.07) is 71.4. The standard InChI is InChI=1S/C59H33N3OS/c1-2-15-35(16-3-1)57-60-58(62-59(61-57)47-27-13-26-45-46-29-28-34-14-6-7-21-40(34)55(46)64-56(45)47)39-20-12-19-38(30-39)48-33-49-43-24-9-8-22-41(43)42-23-10-11-25-44(42)52(49)54-53(48)50-31-36-17-4-5-18-37(36)32-51(50)63-54/h1-33H. The van der Waals surface area contributed by atoms with Gasteiger partial charge in [0.15, 0.2) is 17.5 Å². The van der Waals surface area contributed by atoms with Crippen LogP contribution in [0.1, 0.15) is 0 Å². The van der Waals surface area contributed by atoms with Crippen LogP contribution in [0.25, 0.3) is 141 Å². The third-order valence-electron chi connectivity index (χ3n) is 13.0. The summed E-state index contributed by atoms with van der Waals surface area (Å²) in [5, 5.41) is 16.5. The molecule has 14 aromatic rings. The Morgan fingerprint density at radius 3 is 1.70 bits per heavy atom. The summed E-state index contributed by atoms with van der Waals surface area (Å²) in [5.41, 5.74) is 6.75. The summed E-state index contributed by atoms with van der Waals surface area (Å²) < 4.78 is 9.52. The Bertz CT molecular complexity index is 4260. The van der Waals surface area contributed by atoms with Crippen molar-refractivity contribution in [2.24, 2.45) is 0 Å². The SMILES string of the molecule is c1ccc(-c2nc(-c3cccc(-c4cc5c6ccccc6c6ccccc6c5c5oc6cc7ccccc7cc6c45)c3)nc(-c3cccc4c3sc3c5ccccc5ccc43)n2)cc1. The van der Waals surface area contributed by atoms with E-state index in [1.807, 2.05) is 29.5 Å². The second-order valence-corrected chi connectivity index (χ2v) is 17.7. The maximum atomic E-state index is 7.09. The minimum Gasteiger partial charge on any atom is -0.455 e. The number of benzene rings is 11. The number of furan rings is 1. The van der Waals surface area contributed by atoms with Crippen LogP contribution in [-0.4, -0.2) is 15.0 Å². The van der Waals surface area contributed by atoms with Gasteiger partial charge in [0.25, 0.3) is 0 Å². The van der Waals surface area contributed by atoms with Crippen molar-refractivity contribution in [1.29, 1.82) is 0 Å². The molecule has 0 saturated heterocycles. The van der Waals surface area contributed by atoms with E-state index >= 15 is 0 Å². The van der Waals surface area contributed by atoms with Gasteiger partial charge in [-0.25, -0.2) is 15.0 Å². The summed E-state index contributed by atoms with van der Waals surface area (Å²) in [4.78, 5) is 15.8. The van der Waals surface area contributed by atoms with Gasteiger partial charge < -0.3 is 4.42 Å². The van der Waals surface area contributed by atoms with E-state index in [4.69, 9.17) is 19.4 Å². The minimum atomic E-state index is 0.616. The monoisotopic (exact) mass is 831 g/mol. The summed E-state index contributed by atoms with van der Waals surface area (Å²) in [5.74, 6) is 1.90. The highest BCUT2D eigenvalue weighted by Gasteiger charge is 2.22. The topological polar surface area (TPSA) is 51.8 Å². The van der Waals surface area contributed by atoms with Gasteiger partial charge in [0.05, 0.1) is 0 Å². The largest absolute Gasteiger partial charge is 0.455 e. The Morgan fingerprint density at radius 2 is 0.891 bits per heavy atom. The van der Waals surface area contributed by atoms with Gasteiger partial charge in [0.2, 0.25) is 0 Å². The van der Waals surface area contributed by atoms with Gasteiger partial charge in [-0.3, -0.25) is 0 Å². The first-order valence-electron chi connectivity index (χ1n) is 21.6. The van der Waals surface area contributed by atoms with Gasteiger partial charge in [-0.05, 0) is 89.9 Å². The molecule has 0 unspecified atom stereocenters. The highest BCUT2D eigenvalue weighted by Crippen LogP contribution is 2.48. The molecule has 3 heterocycles. The molecule has 296 valence electrons. The Balaban J connectivity index is 1.03. The van der Waals surface area contributed by atoms with Gasteiger partial charge in [-0.1, -0.05) is 170 Å². The quantitative estimate of drug-likeness (QED) is 0.166. The van der Waals surface area contributed by atoms with Crippen molar-refractivity contribution in [1.82, 2.24) is 15.0 Å². The molecule has 0 aliphatic heterocycles. The van der Waals surface area contributed by atoms with Crippen LogP contribution >= 0.6 is 11.3 Å². The Labute approximate surface area is 370 Å². The van der Waals surface area contributed by atoms with Crippen LogP contribution in [0.5, 0.6) is 0 Å². The molecule has 0 amide bonds. The van der Waals surface area contributed by atoms with E-state index in [1.165, 1.54) is 53.2 Å². The number of nitrogens with zero attached hydrogens (tertiary/aromatic N) is 3. The molecule has 4 nitrogen and oxygen atoms in total. The van der Waals surface area contributed by atoms with Gasteiger partial charge >= 0.3 is 0 Å². The molecule has 0 radical (unpaired) electrons. The molecule has 0 atom stereocenters. The fourth-order valence-corrected chi connectivity index (χ4v) is 11.4. The molecule has 0 N–H and O–H groups in total. The van der Waals surface area contributed by atoms with Crippen LogP contribution in [0.2, 0.25) is 0 Å². The number of thiophene rings is 1. The van der Waals surface area contributed by atoms with Crippen LogP contribution in [-0.2, 0) is 0 Å².